The molecule has 0 aromatic heterocycles. The number of fused-ring (bicyclic) bond motifs is 2. The zero-order valence-corrected chi connectivity index (χ0v) is 14.2. The lowest BCUT2D eigenvalue weighted by Crippen LogP contribution is -2.23. The molecule has 1 aliphatic rings. The number of carbonyl (C=O) groups excluding carboxylic acids is 2. The summed E-state index contributed by atoms with van der Waals surface area (Å²) >= 11 is 0. The van der Waals surface area contributed by atoms with Crippen LogP contribution in [0, 0.1) is 5.92 Å². The number of rotatable bonds is 5. The highest BCUT2D eigenvalue weighted by molar-refractivity contribution is 6.31. The summed E-state index contributed by atoms with van der Waals surface area (Å²) in [7, 11) is 0. The third kappa shape index (κ3) is 2.92. The second kappa shape index (κ2) is 6.69. The average Bonchev–Trinajstić information content (AvgIpc) is 2.61. The molecule has 144 valence electrons. The van der Waals surface area contributed by atoms with Crippen molar-refractivity contribution in [3.63, 3.8) is 0 Å². The Hall–Kier alpha value is -3.88. The molecule has 9 heteroatoms. The van der Waals surface area contributed by atoms with E-state index in [1.54, 1.807) is 0 Å². The number of carboxylic acid groups (broad SMARTS) is 2. The molecule has 0 saturated heterocycles. The maximum Gasteiger partial charge on any atom is 0.307 e. The van der Waals surface area contributed by atoms with Gasteiger partial charge in [0, 0.05) is 5.56 Å². The Kier molecular flexibility index (Phi) is 4.52. The Morgan fingerprint density at radius 2 is 1.57 bits per heavy atom. The van der Waals surface area contributed by atoms with Crippen molar-refractivity contribution >= 4 is 23.5 Å². The molecule has 9 nitrogen and oxygen atoms in total. The van der Waals surface area contributed by atoms with Crippen molar-refractivity contribution < 1.29 is 44.7 Å². The van der Waals surface area contributed by atoms with Gasteiger partial charge < -0.3 is 25.5 Å². The number of hydrogen-bond acceptors (Lipinski definition) is 7. The summed E-state index contributed by atoms with van der Waals surface area (Å²) in [4.78, 5) is 47.6. The molecule has 1 aliphatic carbocycles. The number of phenols is 3. The lowest BCUT2D eigenvalue weighted by atomic mass is 9.80. The number of hydrogen-bond donors (Lipinski definition) is 5. The van der Waals surface area contributed by atoms with E-state index in [-0.39, 0.29) is 16.7 Å². The topological polar surface area (TPSA) is 169 Å². The van der Waals surface area contributed by atoms with Gasteiger partial charge in [0.1, 0.15) is 17.2 Å². The zero-order valence-electron chi connectivity index (χ0n) is 14.2. The van der Waals surface area contributed by atoms with Crippen LogP contribution in [0.2, 0.25) is 0 Å². The number of carbonyl (C=O) groups is 4. The first-order chi connectivity index (χ1) is 13.1. The fourth-order valence-corrected chi connectivity index (χ4v) is 3.27. The van der Waals surface area contributed by atoms with E-state index in [4.69, 9.17) is 5.11 Å². The molecule has 0 saturated carbocycles. The molecule has 1 unspecified atom stereocenters. The van der Waals surface area contributed by atoms with E-state index >= 15 is 0 Å². The van der Waals surface area contributed by atoms with E-state index in [9.17, 15) is 39.6 Å². The Morgan fingerprint density at radius 3 is 2.18 bits per heavy atom. The first kappa shape index (κ1) is 18.9. The highest BCUT2D eigenvalue weighted by Gasteiger charge is 2.37. The first-order valence-corrected chi connectivity index (χ1v) is 8.07. The van der Waals surface area contributed by atoms with Crippen LogP contribution in [-0.2, 0) is 16.0 Å². The van der Waals surface area contributed by atoms with Crippen LogP contribution >= 0.6 is 0 Å². The van der Waals surface area contributed by atoms with Gasteiger partial charge in [0.2, 0.25) is 5.78 Å². The summed E-state index contributed by atoms with van der Waals surface area (Å²) in [5, 5.41) is 48.7. The van der Waals surface area contributed by atoms with Gasteiger partial charge in [-0.25, -0.2) is 0 Å². The molecule has 2 aromatic carbocycles. The Morgan fingerprint density at radius 1 is 0.893 bits per heavy atom. The zero-order chi connectivity index (χ0) is 20.7. The van der Waals surface area contributed by atoms with Crippen molar-refractivity contribution in [2.75, 3.05) is 0 Å². The molecule has 0 amide bonds. The van der Waals surface area contributed by atoms with Crippen LogP contribution < -0.4 is 0 Å². The second-order valence-electron chi connectivity index (χ2n) is 6.35. The highest BCUT2D eigenvalue weighted by atomic mass is 16.4. The van der Waals surface area contributed by atoms with Crippen LogP contribution in [0.4, 0.5) is 0 Å². The van der Waals surface area contributed by atoms with E-state index in [0.29, 0.717) is 0 Å². The summed E-state index contributed by atoms with van der Waals surface area (Å²) in [5.74, 6) is -7.79. The standard InChI is InChI=1S/C19H14O9/c20-10-3-1-2-9-13(10)18(26)14-11(21)5-7(16(24)15(14)17(9)25)4-8(19(27)28)6-12(22)23/h1-3,5,8,20-21,24H,4,6H2,(H,22,23)(H,27,28). The first-order valence-electron chi connectivity index (χ1n) is 8.07. The molecule has 0 bridgehead atoms. The Balaban J connectivity index is 2.16. The monoisotopic (exact) mass is 386 g/mol. The van der Waals surface area contributed by atoms with Crippen molar-refractivity contribution in [3.05, 3.63) is 52.1 Å². The number of benzene rings is 2. The fraction of sp³-hybridized carbons (Fsp3) is 0.158. The van der Waals surface area contributed by atoms with Gasteiger partial charge in [-0.15, -0.1) is 0 Å². The predicted octanol–water partition coefficient (Wildman–Crippen LogP) is 1.30. The molecule has 1 atom stereocenters. The molecule has 28 heavy (non-hydrogen) atoms. The largest absolute Gasteiger partial charge is 0.507 e. The Labute approximate surface area is 157 Å². The second-order valence-corrected chi connectivity index (χ2v) is 6.35. The third-order valence-electron chi connectivity index (χ3n) is 4.56. The van der Waals surface area contributed by atoms with Crippen molar-refractivity contribution in [2.45, 2.75) is 12.8 Å². The lowest BCUT2D eigenvalue weighted by molar-refractivity contribution is -0.148. The predicted molar refractivity (Wildman–Crippen MR) is 91.8 cm³/mol. The van der Waals surface area contributed by atoms with E-state index in [1.165, 1.54) is 18.2 Å². The van der Waals surface area contributed by atoms with Crippen LogP contribution in [0.3, 0.4) is 0 Å². The maximum absolute atomic E-state index is 12.8. The minimum absolute atomic E-state index is 0.176. The minimum atomic E-state index is -1.43. The molecule has 3 rings (SSSR count). The molecule has 5 N–H and O–H groups in total. The van der Waals surface area contributed by atoms with Gasteiger partial charge in [0.25, 0.3) is 0 Å². The number of aliphatic carboxylic acids is 2. The molecule has 0 radical (unpaired) electrons. The normalized spacial score (nSPS) is 13.6. The maximum atomic E-state index is 12.8. The SMILES string of the molecule is O=C(O)CC(Cc1cc(O)c2c(c1O)C(=O)c1cccc(O)c1C2=O)C(=O)O. The summed E-state index contributed by atoms with van der Waals surface area (Å²) < 4.78 is 0. The molecule has 0 spiro atoms. The molecule has 0 fully saturated rings. The van der Waals surface area contributed by atoms with Gasteiger partial charge in [-0.1, -0.05) is 12.1 Å². The van der Waals surface area contributed by atoms with Crippen LogP contribution in [0.1, 0.15) is 43.8 Å². The van der Waals surface area contributed by atoms with E-state index in [0.717, 1.165) is 6.07 Å². The van der Waals surface area contributed by atoms with Crippen molar-refractivity contribution in [1.29, 1.82) is 0 Å². The molecular weight excluding hydrogens is 372 g/mol. The van der Waals surface area contributed by atoms with Crippen LogP contribution in [0.25, 0.3) is 0 Å². The van der Waals surface area contributed by atoms with Gasteiger partial charge in [-0.2, -0.15) is 0 Å². The Bertz CT molecular complexity index is 1050. The highest BCUT2D eigenvalue weighted by Crippen LogP contribution is 2.42. The van der Waals surface area contributed by atoms with Gasteiger partial charge >= 0.3 is 11.9 Å². The van der Waals surface area contributed by atoms with Crippen molar-refractivity contribution in [1.82, 2.24) is 0 Å². The van der Waals surface area contributed by atoms with Crippen molar-refractivity contribution in [2.24, 2.45) is 5.92 Å². The quantitative estimate of drug-likeness (QED) is 0.405. The summed E-state index contributed by atoms with van der Waals surface area (Å²) in [6, 6.07) is 4.72. The van der Waals surface area contributed by atoms with Crippen LogP contribution in [0.5, 0.6) is 17.2 Å². The summed E-state index contributed by atoms with van der Waals surface area (Å²) in [6.45, 7) is 0. The lowest BCUT2D eigenvalue weighted by Gasteiger charge is -2.22. The number of phenolic OH excluding ortho intramolecular Hbond substituents is 3. The van der Waals surface area contributed by atoms with E-state index < -0.39 is 70.6 Å². The van der Waals surface area contributed by atoms with E-state index in [1.807, 2.05) is 0 Å². The van der Waals surface area contributed by atoms with Crippen LogP contribution in [0.15, 0.2) is 24.3 Å². The van der Waals surface area contributed by atoms with E-state index in [2.05, 4.69) is 0 Å². The molecule has 0 heterocycles. The van der Waals surface area contributed by atoms with Crippen molar-refractivity contribution in [3.8, 4) is 17.2 Å². The third-order valence-corrected chi connectivity index (χ3v) is 4.56. The number of ketones is 2. The number of aromatic hydroxyl groups is 3. The molecule has 0 aliphatic heterocycles. The van der Waals surface area contributed by atoms with Gasteiger partial charge in [-0.3, -0.25) is 19.2 Å². The number of carboxylic acids is 2. The van der Waals surface area contributed by atoms with Gasteiger partial charge in [0.05, 0.1) is 29.0 Å². The van der Waals surface area contributed by atoms with Crippen LogP contribution in [-0.4, -0.2) is 49.0 Å². The minimum Gasteiger partial charge on any atom is -0.507 e. The summed E-state index contributed by atoms with van der Waals surface area (Å²) in [6.07, 6.45) is -1.22. The van der Waals surface area contributed by atoms with Gasteiger partial charge in [-0.05, 0) is 24.1 Å². The van der Waals surface area contributed by atoms with Gasteiger partial charge in [0.15, 0.2) is 5.78 Å². The molecular formula is C19H14O9. The average molecular weight is 386 g/mol. The fourth-order valence-electron chi connectivity index (χ4n) is 3.27. The smallest absolute Gasteiger partial charge is 0.307 e. The summed E-state index contributed by atoms with van der Waals surface area (Å²) in [5.41, 5.74) is -1.70. The molecule has 2 aromatic rings.